The third kappa shape index (κ3) is 4.16. The van der Waals surface area contributed by atoms with Gasteiger partial charge in [-0.15, -0.1) is 0 Å². The molecule has 3 aromatic rings. The molecule has 0 unspecified atom stereocenters. The molecule has 0 spiro atoms. The van der Waals surface area contributed by atoms with Gasteiger partial charge in [0.05, 0.1) is 43.6 Å². The SMILES string of the molecule is COc1ccc(N2C(=O)c3ccccc3N[C@H]2c2ccc(N3CCOCC3)c([N+](=O)[O-])c2)c(OC)c1. The molecule has 0 aromatic heterocycles. The molecule has 0 saturated carbocycles. The van der Waals surface area contributed by atoms with Crippen LogP contribution in [0.1, 0.15) is 22.1 Å². The van der Waals surface area contributed by atoms with Gasteiger partial charge in [-0.1, -0.05) is 18.2 Å². The molecule has 1 saturated heterocycles. The van der Waals surface area contributed by atoms with Gasteiger partial charge in [-0.3, -0.25) is 19.8 Å². The topological polar surface area (TPSA) is 106 Å². The van der Waals surface area contributed by atoms with Crippen molar-refractivity contribution in [3.63, 3.8) is 0 Å². The number of morpholine rings is 1. The van der Waals surface area contributed by atoms with E-state index in [1.54, 1.807) is 48.4 Å². The van der Waals surface area contributed by atoms with Crippen LogP contribution in [0.4, 0.5) is 22.7 Å². The average molecular weight is 491 g/mol. The molecule has 10 heteroatoms. The third-order valence-corrected chi connectivity index (χ3v) is 6.44. The number of fused-ring (bicyclic) bond motifs is 1. The van der Waals surface area contributed by atoms with Crippen LogP contribution >= 0.6 is 0 Å². The van der Waals surface area contributed by atoms with Crippen molar-refractivity contribution >= 4 is 28.7 Å². The van der Waals surface area contributed by atoms with E-state index in [1.807, 2.05) is 23.1 Å². The zero-order chi connectivity index (χ0) is 25.2. The number of carbonyl (C=O) groups is 1. The van der Waals surface area contributed by atoms with Gasteiger partial charge in [0.25, 0.3) is 11.6 Å². The summed E-state index contributed by atoms with van der Waals surface area (Å²) in [5, 5.41) is 15.5. The highest BCUT2D eigenvalue weighted by Crippen LogP contribution is 2.43. The lowest BCUT2D eigenvalue weighted by molar-refractivity contribution is -0.384. The molecule has 2 aliphatic heterocycles. The summed E-state index contributed by atoms with van der Waals surface area (Å²) in [5.41, 5.74) is 2.73. The van der Waals surface area contributed by atoms with Gasteiger partial charge in [0.2, 0.25) is 0 Å². The molecule has 0 radical (unpaired) electrons. The number of nitro benzene ring substituents is 1. The molecule has 186 valence electrons. The van der Waals surface area contributed by atoms with Gasteiger partial charge in [0.1, 0.15) is 23.4 Å². The van der Waals surface area contributed by atoms with Crippen molar-refractivity contribution in [2.45, 2.75) is 6.17 Å². The fraction of sp³-hybridized carbons (Fsp3) is 0.269. The molecule has 10 nitrogen and oxygen atoms in total. The molecule has 36 heavy (non-hydrogen) atoms. The molecule has 1 atom stereocenters. The minimum atomic E-state index is -0.716. The first-order chi connectivity index (χ1) is 17.5. The number of benzene rings is 3. The molecule has 1 fully saturated rings. The second-order valence-electron chi connectivity index (χ2n) is 8.41. The number of rotatable bonds is 6. The maximum atomic E-state index is 13.8. The molecule has 5 rings (SSSR count). The summed E-state index contributed by atoms with van der Waals surface area (Å²) in [6.07, 6.45) is -0.716. The van der Waals surface area contributed by atoms with E-state index in [-0.39, 0.29) is 16.5 Å². The zero-order valence-electron chi connectivity index (χ0n) is 20.0. The van der Waals surface area contributed by atoms with Crippen LogP contribution in [0.3, 0.4) is 0 Å². The van der Waals surface area contributed by atoms with Crippen LogP contribution in [-0.2, 0) is 4.74 Å². The van der Waals surface area contributed by atoms with E-state index < -0.39 is 6.17 Å². The van der Waals surface area contributed by atoms with Gasteiger partial charge < -0.3 is 24.4 Å². The third-order valence-electron chi connectivity index (χ3n) is 6.44. The summed E-state index contributed by atoms with van der Waals surface area (Å²) >= 11 is 0. The van der Waals surface area contributed by atoms with E-state index in [2.05, 4.69) is 5.32 Å². The van der Waals surface area contributed by atoms with Gasteiger partial charge in [-0.05, 0) is 30.3 Å². The minimum absolute atomic E-state index is 0.0239. The van der Waals surface area contributed by atoms with Crippen molar-refractivity contribution in [1.29, 1.82) is 0 Å². The number of hydrogen-bond donors (Lipinski definition) is 1. The van der Waals surface area contributed by atoms with E-state index in [1.165, 1.54) is 13.2 Å². The molecule has 0 bridgehead atoms. The number of carbonyl (C=O) groups excluding carboxylic acids is 1. The number of nitrogens with zero attached hydrogens (tertiary/aromatic N) is 3. The van der Waals surface area contributed by atoms with Gasteiger partial charge >= 0.3 is 0 Å². The van der Waals surface area contributed by atoms with Crippen molar-refractivity contribution < 1.29 is 23.9 Å². The average Bonchev–Trinajstić information content (AvgIpc) is 2.93. The lowest BCUT2D eigenvalue weighted by Crippen LogP contribution is -2.43. The van der Waals surface area contributed by atoms with Crippen molar-refractivity contribution in [2.75, 3.05) is 55.6 Å². The van der Waals surface area contributed by atoms with E-state index in [9.17, 15) is 14.9 Å². The summed E-state index contributed by atoms with van der Waals surface area (Å²) in [7, 11) is 3.07. The largest absolute Gasteiger partial charge is 0.497 e. The Labute approximate surface area is 208 Å². The van der Waals surface area contributed by atoms with E-state index in [0.717, 1.165) is 0 Å². The Morgan fingerprint density at radius 2 is 1.75 bits per heavy atom. The van der Waals surface area contributed by atoms with Crippen molar-refractivity contribution in [2.24, 2.45) is 0 Å². The monoisotopic (exact) mass is 490 g/mol. The summed E-state index contributed by atoms with van der Waals surface area (Å²) in [4.78, 5) is 29.0. The number of nitro groups is 1. The molecule has 3 aromatic carbocycles. The number of para-hydroxylation sites is 1. The van der Waals surface area contributed by atoms with Crippen molar-refractivity contribution in [3.05, 3.63) is 81.9 Å². The molecule has 2 heterocycles. The first-order valence-electron chi connectivity index (χ1n) is 11.5. The molecule has 1 amide bonds. The number of nitrogens with one attached hydrogen (secondary N) is 1. The Balaban J connectivity index is 1.64. The fourth-order valence-electron chi connectivity index (χ4n) is 4.65. The van der Waals surface area contributed by atoms with Gasteiger partial charge in [0, 0.05) is 36.5 Å². The molecular formula is C26H26N4O6. The van der Waals surface area contributed by atoms with E-state index in [4.69, 9.17) is 14.2 Å². The second-order valence-corrected chi connectivity index (χ2v) is 8.41. The Morgan fingerprint density at radius 1 is 1.00 bits per heavy atom. The van der Waals surface area contributed by atoms with Gasteiger partial charge in [-0.25, -0.2) is 0 Å². The summed E-state index contributed by atoms with van der Waals surface area (Å²) in [5.74, 6) is 0.765. The molecule has 1 N–H and O–H groups in total. The Bertz CT molecular complexity index is 1310. The predicted molar refractivity (Wildman–Crippen MR) is 135 cm³/mol. The van der Waals surface area contributed by atoms with E-state index in [0.29, 0.717) is 66.0 Å². The van der Waals surface area contributed by atoms with Gasteiger partial charge in [0.15, 0.2) is 0 Å². The number of hydrogen-bond acceptors (Lipinski definition) is 8. The van der Waals surface area contributed by atoms with Crippen LogP contribution in [0.2, 0.25) is 0 Å². The first-order valence-corrected chi connectivity index (χ1v) is 11.5. The van der Waals surface area contributed by atoms with Crippen molar-refractivity contribution in [1.82, 2.24) is 0 Å². The Hall–Kier alpha value is -4.31. The Kier molecular flexibility index (Phi) is 6.34. The maximum absolute atomic E-state index is 13.8. The van der Waals surface area contributed by atoms with Gasteiger partial charge in [-0.2, -0.15) is 0 Å². The molecule has 0 aliphatic carbocycles. The van der Waals surface area contributed by atoms with Crippen LogP contribution in [0.25, 0.3) is 0 Å². The quantitative estimate of drug-likeness (QED) is 0.404. The minimum Gasteiger partial charge on any atom is -0.497 e. The van der Waals surface area contributed by atoms with Crippen LogP contribution in [-0.4, -0.2) is 51.4 Å². The number of amides is 1. The Morgan fingerprint density at radius 3 is 2.47 bits per heavy atom. The van der Waals surface area contributed by atoms with Crippen LogP contribution in [0, 0.1) is 10.1 Å². The second kappa shape index (κ2) is 9.74. The lowest BCUT2D eigenvalue weighted by atomic mass is 10.0. The predicted octanol–water partition coefficient (Wildman–Crippen LogP) is 4.22. The normalized spacial score (nSPS) is 17.3. The lowest BCUT2D eigenvalue weighted by Gasteiger charge is -2.38. The summed E-state index contributed by atoms with van der Waals surface area (Å²) in [6, 6.07) is 17.5. The molecule has 2 aliphatic rings. The van der Waals surface area contributed by atoms with Crippen LogP contribution in [0.5, 0.6) is 11.5 Å². The standard InChI is InChI=1S/C26H26N4O6/c1-34-18-8-10-22(24(16-18)35-2)29-25(27-20-6-4-3-5-19(20)26(29)31)17-7-9-21(23(15-17)30(32)33)28-11-13-36-14-12-28/h3-10,15-16,25,27H,11-14H2,1-2H3/t25-/m1/s1. The highest BCUT2D eigenvalue weighted by Gasteiger charge is 2.37. The summed E-state index contributed by atoms with van der Waals surface area (Å²) < 4.78 is 16.3. The fourth-order valence-corrected chi connectivity index (χ4v) is 4.65. The van der Waals surface area contributed by atoms with Crippen LogP contribution < -0.4 is 24.6 Å². The maximum Gasteiger partial charge on any atom is 0.292 e. The first kappa shape index (κ1) is 23.4. The van der Waals surface area contributed by atoms with Crippen LogP contribution in [0.15, 0.2) is 60.7 Å². The molecular weight excluding hydrogens is 464 g/mol. The number of anilines is 3. The zero-order valence-corrected chi connectivity index (χ0v) is 20.0. The van der Waals surface area contributed by atoms with E-state index >= 15 is 0 Å². The van der Waals surface area contributed by atoms with Crippen molar-refractivity contribution in [3.8, 4) is 11.5 Å². The highest BCUT2D eigenvalue weighted by atomic mass is 16.6. The number of ether oxygens (including phenoxy) is 3. The number of methoxy groups -OCH3 is 2. The smallest absolute Gasteiger partial charge is 0.292 e. The highest BCUT2D eigenvalue weighted by molar-refractivity contribution is 6.12. The summed E-state index contributed by atoms with van der Waals surface area (Å²) in [6.45, 7) is 2.17.